The third kappa shape index (κ3) is 5.82. The topological polar surface area (TPSA) is 51.8 Å². The van der Waals surface area contributed by atoms with Gasteiger partial charge in [-0.25, -0.2) is 15.0 Å². The van der Waals surface area contributed by atoms with Gasteiger partial charge in [-0.15, -0.1) is 0 Å². The quantitative estimate of drug-likeness (QED) is 0.171. The van der Waals surface area contributed by atoms with Crippen LogP contribution in [0.1, 0.15) is 18.4 Å². The molecule has 0 saturated heterocycles. The van der Waals surface area contributed by atoms with Gasteiger partial charge in [-0.1, -0.05) is 164 Å². The minimum atomic E-state index is 0.596. The van der Waals surface area contributed by atoms with Crippen molar-refractivity contribution in [1.29, 1.82) is 0 Å². The molecule has 1 aliphatic rings. The Bertz CT molecular complexity index is 3230. The lowest BCUT2D eigenvalue weighted by Gasteiger charge is -2.15. The Hall–Kier alpha value is -7.43. The Balaban J connectivity index is 1.08. The van der Waals surface area contributed by atoms with E-state index in [1.54, 1.807) is 0 Å². The number of fused-ring (bicyclic) bond motifs is 6. The van der Waals surface area contributed by atoms with E-state index >= 15 is 0 Å². The van der Waals surface area contributed by atoms with Gasteiger partial charge in [0.2, 0.25) is 0 Å². The fraction of sp³-hybridized carbons (Fsp3) is 0.0377. The van der Waals surface area contributed by atoms with Gasteiger partial charge in [0.05, 0.1) is 0 Å². The molecule has 2 heterocycles. The van der Waals surface area contributed by atoms with Crippen molar-refractivity contribution in [3.63, 3.8) is 0 Å². The van der Waals surface area contributed by atoms with Crippen molar-refractivity contribution in [2.24, 2.45) is 0 Å². The predicted molar refractivity (Wildman–Crippen MR) is 236 cm³/mol. The lowest BCUT2D eigenvalue weighted by Crippen LogP contribution is -2.00. The van der Waals surface area contributed by atoms with Crippen LogP contribution < -0.4 is 0 Å². The Morgan fingerprint density at radius 3 is 1.75 bits per heavy atom. The molecule has 2 aromatic heterocycles. The molecule has 0 N–H and O–H groups in total. The van der Waals surface area contributed by atoms with Gasteiger partial charge >= 0.3 is 0 Å². The van der Waals surface area contributed by atoms with E-state index in [-0.39, 0.29) is 0 Å². The van der Waals surface area contributed by atoms with Crippen LogP contribution in [-0.4, -0.2) is 15.0 Å². The summed E-state index contributed by atoms with van der Waals surface area (Å²) in [4.78, 5) is 15.4. The fourth-order valence-electron chi connectivity index (χ4n) is 8.46. The van der Waals surface area contributed by atoms with Crippen LogP contribution in [0.4, 0.5) is 0 Å². The summed E-state index contributed by atoms with van der Waals surface area (Å²) < 4.78 is 6.82. The predicted octanol–water partition coefficient (Wildman–Crippen LogP) is 14.1. The number of benzene rings is 8. The van der Waals surface area contributed by atoms with Gasteiger partial charge in [-0.2, -0.15) is 0 Å². The first-order valence-corrected chi connectivity index (χ1v) is 19.5. The van der Waals surface area contributed by atoms with E-state index in [1.807, 2.05) is 36.4 Å². The van der Waals surface area contributed by atoms with Crippen LogP contribution in [0.5, 0.6) is 0 Å². The standard InChI is InChI=1S/C53H35N3O/c1-4-15-34(16-5-1)37-21-14-22-39(31-37)52-54-51(36-19-8-3-9-20-36)55-53(56-52)47-33-49-50(45-26-13-12-25-44(45)47)46-28-27-38(32-48(46)57-49)41-30-29-40(35-17-6-2-7-18-35)42-23-10-11-24-43(41)42/h1-6,8-17,19-33H,7,18H2. The van der Waals surface area contributed by atoms with Crippen LogP contribution in [-0.2, 0) is 0 Å². The molecule has 4 heteroatoms. The summed E-state index contributed by atoms with van der Waals surface area (Å²) in [6.45, 7) is 0. The van der Waals surface area contributed by atoms with Crippen LogP contribution >= 0.6 is 0 Å². The molecular weight excluding hydrogens is 695 g/mol. The number of aromatic nitrogens is 3. The Kier molecular flexibility index (Phi) is 7.92. The van der Waals surface area contributed by atoms with Crippen molar-refractivity contribution < 1.29 is 4.42 Å². The van der Waals surface area contributed by atoms with Gasteiger partial charge in [-0.05, 0) is 92.0 Å². The minimum absolute atomic E-state index is 0.596. The maximum absolute atomic E-state index is 6.82. The molecule has 10 aromatic rings. The highest BCUT2D eigenvalue weighted by molar-refractivity contribution is 6.22. The lowest BCUT2D eigenvalue weighted by molar-refractivity contribution is 0.669. The number of furan rings is 1. The molecule has 268 valence electrons. The molecule has 0 fully saturated rings. The van der Waals surface area contributed by atoms with E-state index in [0.29, 0.717) is 17.5 Å². The molecule has 0 bridgehead atoms. The van der Waals surface area contributed by atoms with Gasteiger partial charge in [0.1, 0.15) is 11.2 Å². The summed E-state index contributed by atoms with van der Waals surface area (Å²) in [6.07, 6.45) is 8.81. The first kappa shape index (κ1) is 33.0. The maximum atomic E-state index is 6.82. The fourth-order valence-corrected chi connectivity index (χ4v) is 8.46. The molecule has 0 amide bonds. The number of hydrogen-bond acceptors (Lipinski definition) is 4. The van der Waals surface area contributed by atoms with Crippen molar-refractivity contribution in [2.45, 2.75) is 12.8 Å². The number of allylic oxidation sites excluding steroid dienone is 4. The molecule has 57 heavy (non-hydrogen) atoms. The van der Waals surface area contributed by atoms with Crippen LogP contribution in [0.25, 0.3) is 105 Å². The van der Waals surface area contributed by atoms with Gasteiger partial charge in [-0.3, -0.25) is 0 Å². The van der Waals surface area contributed by atoms with Crippen molar-refractivity contribution in [1.82, 2.24) is 15.0 Å². The zero-order chi connectivity index (χ0) is 37.7. The normalized spacial score (nSPS) is 12.8. The van der Waals surface area contributed by atoms with Crippen LogP contribution in [0.3, 0.4) is 0 Å². The second-order valence-electron chi connectivity index (χ2n) is 14.6. The zero-order valence-electron chi connectivity index (χ0n) is 31.1. The summed E-state index contributed by atoms with van der Waals surface area (Å²) >= 11 is 0. The molecule has 0 spiro atoms. The van der Waals surface area contributed by atoms with Crippen molar-refractivity contribution >= 4 is 49.1 Å². The average molecular weight is 730 g/mol. The molecule has 1 aliphatic carbocycles. The molecule has 8 aromatic carbocycles. The van der Waals surface area contributed by atoms with Gasteiger partial charge in [0.15, 0.2) is 17.5 Å². The van der Waals surface area contributed by atoms with E-state index in [1.165, 1.54) is 27.5 Å². The Morgan fingerprint density at radius 2 is 1.00 bits per heavy atom. The third-order valence-corrected chi connectivity index (χ3v) is 11.2. The third-order valence-electron chi connectivity index (χ3n) is 11.2. The molecular formula is C53H35N3O. The Labute approximate surface area is 330 Å². The average Bonchev–Trinajstić information content (AvgIpc) is 3.67. The maximum Gasteiger partial charge on any atom is 0.164 e. The van der Waals surface area contributed by atoms with Gasteiger partial charge < -0.3 is 4.42 Å². The monoisotopic (exact) mass is 729 g/mol. The Morgan fingerprint density at radius 1 is 0.386 bits per heavy atom. The van der Waals surface area contributed by atoms with Crippen LogP contribution in [0.2, 0.25) is 0 Å². The largest absolute Gasteiger partial charge is 0.456 e. The van der Waals surface area contributed by atoms with Crippen molar-refractivity contribution in [3.05, 3.63) is 194 Å². The van der Waals surface area contributed by atoms with Gasteiger partial charge in [0, 0.05) is 27.5 Å². The second-order valence-corrected chi connectivity index (χ2v) is 14.6. The minimum Gasteiger partial charge on any atom is -0.456 e. The summed E-state index contributed by atoms with van der Waals surface area (Å²) in [7, 11) is 0. The van der Waals surface area contributed by atoms with E-state index in [0.717, 1.165) is 78.9 Å². The van der Waals surface area contributed by atoms with Crippen molar-refractivity contribution in [3.8, 4) is 56.4 Å². The second kappa shape index (κ2) is 13.7. The highest BCUT2D eigenvalue weighted by Crippen LogP contribution is 2.42. The number of nitrogens with zero attached hydrogens (tertiary/aromatic N) is 3. The molecule has 0 unspecified atom stereocenters. The van der Waals surface area contributed by atoms with Crippen LogP contribution in [0, 0.1) is 0 Å². The number of rotatable bonds is 6. The highest BCUT2D eigenvalue weighted by atomic mass is 16.3. The summed E-state index contributed by atoms with van der Waals surface area (Å²) in [6, 6.07) is 59.5. The highest BCUT2D eigenvalue weighted by Gasteiger charge is 2.20. The first-order chi connectivity index (χ1) is 28.2. The SMILES string of the molecule is C1=CCCC(c2ccc(-c3ccc4c(c3)oc3cc(-c5nc(-c6ccccc6)nc(-c6cccc(-c7ccccc7)c6)n5)c5ccccc5c34)c3ccccc23)=C1. The van der Waals surface area contributed by atoms with E-state index in [2.05, 4.69) is 152 Å². The number of hydrogen-bond donors (Lipinski definition) is 0. The summed E-state index contributed by atoms with van der Waals surface area (Å²) in [5, 5.41) is 6.82. The van der Waals surface area contributed by atoms with E-state index in [4.69, 9.17) is 19.4 Å². The van der Waals surface area contributed by atoms with E-state index < -0.39 is 0 Å². The van der Waals surface area contributed by atoms with Crippen LogP contribution in [0.15, 0.2) is 193 Å². The molecule has 11 rings (SSSR count). The summed E-state index contributed by atoms with van der Waals surface area (Å²) in [5.74, 6) is 1.83. The molecule has 0 atom stereocenters. The molecule has 0 aliphatic heterocycles. The summed E-state index contributed by atoms with van der Waals surface area (Å²) in [5.41, 5.74) is 11.6. The lowest BCUT2D eigenvalue weighted by atomic mass is 9.89. The van der Waals surface area contributed by atoms with E-state index in [9.17, 15) is 0 Å². The van der Waals surface area contributed by atoms with Gasteiger partial charge in [0.25, 0.3) is 0 Å². The van der Waals surface area contributed by atoms with Crippen molar-refractivity contribution in [2.75, 3.05) is 0 Å². The zero-order valence-corrected chi connectivity index (χ0v) is 31.1. The smallest absolute Gasteiger partial charge is 0.164 e. The first-order valence-electron chi connectivity index (χ1n) is 19.5. The molecule has 0 radical (unpaired) electrons. The molecule has 0 saturated carbocycles. The molecule has 4 nitrogen and oxygen atoms in total.